The van der Waals surface area contributed by atoms with Crippen LogP contribution < -0.4 is 5.32 Å². The molecule has 1 aliphatic heterocycles. The number of carbonyl (C=O) groups excluding carboxylic acids is 1. The zero-order valence-corrected chi connectivity index (χ0v) is 13.9. The normalized spacial score (nSPS) is 17.3. The molecule has 0 amide bonds. The van der Waals surface area contributed by atoms with E-state index in [4.69, 9.17) is 0 Å². The quantitative estimate of drug-likeness (QED) is 0.561. The molecule has 1 fully saturated rings. The van der Waals surface area contributed by atoms with Crippen LogP contribution in [0.3, 0.4) is 0 Å². The molecule has 0 radical (unpaired) electrons. The van der Waals surface area contributed by atoms with E-state index in [1.54, 1.807) is 0 Å². The van der Waals surface area contributed by atoms with Crippen LogP contribution in [0, 0.1) is 5.92 Å². The maximum Gasteiger partial charge on any atom is 0.168 e. The van der Waals surface area contributed by atoms with E-state index in [1.807, 2.05) is 30.3 Å². The lowest BCUT2D eigenvalue weighted by Gasteiger charge is -2.30. The molecule has 0 aromatic heterocycles. The highest BCUT2D eigenvalue weighted by atomic mass is 16.1. The van der Waals surface area contributed by atoms with Crippen LogP contribution in [0.25, 0.3) is 0 Å². The molecular weight excluding hydrogens is 272 g/mol. The summed E-state index contributed by atoms with van der Waals surface area (Å²) in [5, 5.41) is 3.48. The Morgan fingerprint density at radius 3 is 2.59 bits per heavy atom. The first-order chi connectivity index (χ1) is 10.8. The maximum atomic E-state index is 12.8. The average molecular weight is 302 g/mol. The van der Waals surface area contributed by atoms with Gasteiger partial charge in [0.25, 0.3) is 0 Å². The number of nitrogens with one attached hydrogen (secondary N) is 1. The lowest BCUT2D eigenvalue weighted by Crippen LogP contribution is -2.41. The van der Waals surface area contributed by atoms with Gasteiger partial charge < -0.3 is 10.2 Å². The Balaban J connectivity index is 1.95. The largest absolute Gasteiger partial charge is 0.316 e. The smallest absolute Gasteiger partial charge is 0.168 e. The molecule has 1 unspecified atom stereocenters. The van der Waals surface area contributed by atoms with Crippen LogP contribution in [0.1, 0.15) is 49.4 Å². The van der Waals surface area contributed by atoms with Gasteiger partial charge in [0.15, 0.2) is 5.78 Å². The predicted octanol–water partition coefficient (Wildman–Crippen LogP) is 3.36. The van der Waals surface area contributed by atoms with Crippen molar-refractivity contribution >= 4 is 5.78 Å². The number of Topliss-reactive ketones (excluding diaryl/α,β-unsaturated/α-hetero) is 1. The third kappa shape index (κ3) is 5.54. The Bertz CT molecular complexity index is 426. The van der Waals surface area contributed by atoms with Crippen molar-refractivity contribution < 1.29 is 4.79 Å². The average Bonchev–Trinajstić information content (AvgIpc) is 2.59. The van der Waals surface area contributed by atoms with Crippen LogP contribution >= 0.6 is 0 Å². The van der Waals surface area contributed by atoms with E-state index in [2.05, 4.69) is 17.1 Å². The Hall–Kier alpha value is -1.19. The number of likely N-dealkylation sites (tertiary alicyclic amines) is 1. The Morgan fingerprint density at radius 1 is 1.18 bits per heavy atom. The molecule has 1 N–H and O–H groups in total. The van der Waals surface area contributed by atoms with E-state index in [1.165, 1.54) is 32.1 Å². The molecule has 3 nitrogen and oxygen atoms in total. The van der Waals surface area contributed by atoms with Gasteiger partial charge in [0.1, 0.15) is 0 Å². The summed E-state index contributed by atoms with van der Waals surface area (Å²) in [6.45, 7) is 7.19. The van der Waals surface area contributed by atoms with Crippen LogP contribution in [-0.2, 0) is 0 Å². The zero-order chi connectivity index (χ0) is 15.6. The van der Waals surface area contributed by atoms with Gasteiger partial charge in [-0.15, -0.1) is 0 Å². The van der Waals surface area contributed by atoms with Gasteiger partial charge in [-0.2, -0.15) is 0 Å². The lowest BCUT2D eigenvalue weighted by atomic mass is 9.96. The van der Waals surface area contributed by atoms with Crippen molar-refractivity contribution in [3.63, 3.8) is 0 Å². The van der Waals surface area contributed by atoms with Gasteiger partial charge in [-0.25, -0.2) is 0 Å². The standard InChI is InChI=1S/C19H30N2O/c1-2-3-12-20-15-18(16-21-13-8-5-9-14-21)19(22)17-10-6-4-7-11-17/h4,6-7,10-11,18,20H,2-3,5,8-9,12-16H2,1H3. The summed E-state index contributed by atoms with van der Waals surface area (Å²) < 4.78 is 0. The number of piperidine rings is 1. The van der Waals surface area contributed by atoms with Gasteiger partial charge in [0.05, 0.1) is 0 Å². The maximum absolute atomic E-state index is 12.8. The topological polar surface area (TPSA) is 32.3 Å². The highest BCUT2D eigenvalue weighted by Crippen LogP contribution is 2.15. The molecule has 22 heavy (non-hydrogen) atoms. The molecule has 122 valence electrons. The number of nitrogens with zero attached hydrogens (tertiary/aromatic N) is 1. The molecule has 1 aliphatic rings. The number of hydrogen-bond acceptors (Lipinski definition) is 3. The number of hydrogen-bond donors (Lipinski definition) is 1. The van der Waals surface area contributed by atoms with Crippen molar-refractivity contribution in [2.45, 2.75) is 39.0 Å². The molecule has 0 saturated carbocycles. The number of rotatable bonds is 9. The molecule has 3 heteroatoms. The van der Waals surface area contributed by atoms with Gasteiger partial charge in [0, 0.05) is 24.6 Å². The molecule has 1 aromatic rings. The van der Waals surface area contributed by atoms with E-state index in [-0.39, 0.29) is 11.7 Å². The monoisotopic (exact) mass is 302 g/mol. The van der Waals surface area contributed by atoms with E-state index >= 15 is 0 Å². The minimum atomic E-state index is 0.0670. The van der Waals surface area contributed by atoms with E-state index in [9.17, 15) is 4.79 Å². The summed E-state index contributed by atoms with van der Waals surface area (Å²) in [5.74, 6) is 0.354. The number of ketones is 1. The summed E-state index contributed by atoms with van der Waals surface area (Å²) in [6.07, 6.45) is 6.25. The minimum Gasteiger partial charge on any atom is -0.316 e. The first-order valence-electron chi connectivity index (χ1n) is 8.83. The lowest BCUT2D eigenvalue weighted by molar-refractivity contribution is 0.0866. The fraction of sp³-hybridized carbons (Fsp3) is 0.632. The second kappa shape index (κ2) is 9.75. The van der Waals surface area contributed by atoms with Crippen LogP contribution in [-0.4, -0.2) is 43.4 Å². The van der Waals surface area contributed by atoms with Crippen molar-refractivity contribution in [2.24, 2.45) is 5.92 Å². The van der Waals surface area contributed by atoms with Gasteiger partial charge >= 0.3 is 0 Å². The molecule has 1 heterocycles. The van der Waals surface area contributed by atoms with Crippen molar-refractivity contribution in [3.8, 4) is 0 Å². The van der Waals surface area contributed by atoms with E-state index in [0.717, 1.165) is 38.3 Å². The third-order valence-electron chi connectivity index (χ3n) is 4.45. The second-order valence-corrected chi connectivity index (χ2v) is 6.35. The Morgan fingerprint density at radius 2 is 1.91 bits per heavy atom. The molecular formula is C19H30N2O. The van der Waals surface area contributed by atoms with Gasteiger partial charge in [0.2, 0.25) is 0 Å². The number of benzene rings is 1. The molecule has 1 atom stereocenters. The van der Waals surface area contributed by atoms with Crippen molar-refractivity contribution in [3.05, 3.63) is 35.9 Å². The Labute approximate surface area is 135 Å². The van der Waals surface area contributed by atoms with Gasteiger partial charge in [-0.3, -0.25) is 4.79 Å². The van der Waals surface area contributed by atoms with Crippen LogP contribution in [0.2, 0.25) is 0 Å². The third-order valence-corrected chi connectivity index (χ3v) is 4.45. The first kappa shape index (κ1) is 17.2. The summed E-state index contributed by atoms with van der Waals surface area (Å²) in [7, 11) is 0. The summed E-state index contributed by atoms with van der Waals surface area (Å²) in [5.41, 5.74) is 0.849. The minimum absolute atomic E-state index is 0.0670. The van der Waals surface area contributed by atoms with Gasteiger partial charge in [-0.05, 0) is 38.9 Å². The van der Waals surface area contributed by atoms with Crippen molar-refractivity contribution in [1.29, 1.82) is 0 Å². The fourth-order valence-corrected chi connectivity index (χ4v) is 3.11. The van der Waals surface area contributed by atoms with Crippen LogP contribution in [0.15, 0.2) is 30.3 Å². The number of carbonyl (C=O) groups is 1. The van der Waals surface area contributed by atoms with Gasteiger partial charge in [-0.1, -0.05) is 50.1 Å². The molecule has 0 aliphatic carbocycles. The highest BCUT2D eigenvalue weighted by Gasteiger charge is 2.23. The van der Waals surface area contributed by atoms with Crippen LogP contribution in [0.4, 0.5) is 0 Å². The molecule has 1 aromatic carbocycles. The van der Waals surface area contributed by atoms with E-state index in [0.29, 0.717) is 0 Å². The highest BCUT2D eigenvalue weighted by molar-refractivity contribution is 5.98. The molecule has 0 bridgehead atoms. The van der Waals surface area contributed by atoms with Crippen molar-refractivity contribution in [2.75, 3.05) is 32.7 Å². The van der Waals surface area contributed by atoms with Crippen molar-refractivity contribution in [1.82, 2.24) is 10.2 Å². The summed E-state index contributed by atoms with van der Waals surface area (Å²) >= 11 is 0. The first-order valence-corrected chi connectivity index (χ1v) is 8.83. The molecule has 1 saturated heterocycles. The summed E-state index contributed by atoms with van der Waals surface area (Å²) in [4.78, 5) is 15.3. The van der Waals surface area contributed by atoms with Crippen LogP contribution in [0.5, 0.6) is 0 Å². The fourth-order valence-electron chi connectivity index (χ4n) is 3.11. The summed E-state index contributed by atoms with van der Waals surface area (Å²) in [6, 6.07) is 9.76. The predicted molar refractivity (Wildman–Crippen MR) is 92.3 cm³/mol. The zero-order valence-electron chi connectivity index (χ0n) is 13.9. The SMILES string of the molecule is CCCCNCC(CN1CCCCC1)C(=O)c1ccccc1. The molecule has 0 spiro atoms. The molecule has 2 rings (SSSR count). The Kier molecular flexibility index (Phi) is 7.61. The second-order valence-electron chi connectivity index (χ2n) is 6.35. The number of unbranched alkanes of at least 4 members (excludes halogenated alkanes) is 1. The van der Waals surface area contributed by atoms with E-state index < -0.39 is 0 Å².